The highest BCUT2D eigenvalue weighted by molar-refractivity contribution is 5.85. The number of unbranched alkanes of at least 4 members (excludes halogenated alkanes) is 36. The number of carbonyl (C=O) groups is 2. The van der Waals surface area contributed by atoms with Gasteiger partial charge >= 0.3 is 11.9 Å². The van der Waals surface area contributed by atoms with E-state index >= 15 is 0 Å². The molecule has 2 N–H and O–H groups in total. The average molecular weight is 883 g/mol. The Labute approximate surface area is 391 Å². The highest BCUT2D eigenvalue weighted by atomic mass is 35.5. The summed E-state index contributed by atoms with van der Waals surface area (Å²) < 4.78 is 10.6. The van der Waals surface area contributed by atoms with E-state index in [0.29, 0.717) is 13.2 Å². The first-order chi connectivity index (χ1) is 30.1. The van der Waals surface area contributed by atoms with Gasteiger partial charge in [-0.1, -0.05) is 230 Å². The van der Waals surface area contributed by atoms with Crippen molar-refractivity contribution in [2.75, 3.05) is 13.2 Å². The lowest BCUT2D eigenvalue weighted by molar-refractivity contribution is -0.152. The second-order valence-corrected chi connectivity index (χ2v) is 17.4. The standard InChI is InChI=1S/C56H95NO4.ClH/c1-3-5-7-9-11-13-15-17-19-21-23-25-27-29-31-33-35-37-39-41-43-45-47-49-51-60-55(58)53-54(57)56(59)61-52-50-48-46-44-42-40-38-36-34-32-30-28-26-24-22-20-18-16-14-12-10-8-6-4-2;/h54H,3-26,35-53,57H2,1-2H3;1H. The van der Waals surface area contributed by atoms with Crippen molar-refractivity contribution in [2.45, 2.75) is 283 Å². The number of rotatable bonds is 43. The third kappa shape index (κ3) is 51.8. The first-order valence-electron chi connectivity index (χ1n) is 26.1. The van der Waals surface area contributed by atoms with Crippen LogP contribution in [0.3, 0.4) is 0 Å². The lowest BCUT2D eigenvalue weighted by Gasteiger charge is -2.11. The fourth-order valence-corrected chi connectivity index (χ4v) is 7.37. The van der Waals surface area contributed by atoms with Crippen molar-refractivity contribution in [1.29, 1.82) is 0 Å². The van der Waals surface area contributed by atoms with Crippen LogP contribution in [0.2, 0.25) is 0 Å². The Kier molecular flexibility index (Phi) is 54.1. The van der Waals surface area contributed by atoms with Gasteiger partial charge in [0.2, 0.25) is 0 Å². The highest BCUT2D eigenvalue weighted by Gasteiger charge is 2.19. The molecule has 0 aromatic heterocycles. The molecule has 0 spiro atoms. The first-order valence-corrected chi connectivity index (χ1v) is 26.1. The predicted molar refractivity (Wildman–Crippen MR) is 269 cm³/mol. The molecule has 0 saturated carbocycles. The Morgan fingerprint density at radius 3 is 0.903 bits per heavy atom. The van der Waals surface area contributed by atoms with E-state index in [1.54, 1.807) is 0 Å². The van der Waals surface area contributed by atoms with E-state index < -0.39 is 18.0 Å². The summed E-state index contributed by atoms with van der Waals surface area (Å²) >= 11 is 0. The number of halogens is 1. The third-order valence-electron chi connectivity index (χ3n) is 11.4. The van der Waals surface area contributed by atoms with Crippen LogP contribution in [0.15, 0.2) is 0 Å². The molecule has 62 heavy (non-hydrogen) atoms. The molecular formula is C56H96ClNO4. The summed E-state index contributed by atoms with van der Waals surface area (Å²) in [5, 5.41) is 0. The zero-order valence-corrected chi connectivity index (χ0v) is 41.4. The second kappa shape index (κ2) is 54.6. The van der Waals surface area contributed by atoms with Gasteiger partial charge in [0, 0.05) is 25.7 Å². The number of esters is 2. The number of carbonyl (C=O) groups excluding carboxylic acids is 2. The maximum Gasteiger partial charge on any atom is 0.323 e. The van der Waals surface area contributed by atoms with Crippen LogP contribution in [0.4, 0.5) is 0 Å². The maximum absolute atomic E-state index is 12.2. The van der Waals surface area contributed by atoms with E-state index in [9.17, 15) is 9.59 Å². The summed E-state index contributed by atoms with van der Waals surface area (Å²) in [5.41, 5.74) is 5.91. The number of hydrogen-bond acceptors (Lipinski definition) is 5. The largest absolute Gasteiger partial charge is 0.466 e. The van der Waals surface area contributed by atoms with Crippen molar-refractivity contribution in [3.63, 3.8) is 0 Å². The van der Waals surface area contributed by atoms with Crippen molar-refractivity contribution in [2.24, 2.45) is 5.73 Å². The fourth-order valence-electron chi connectivity index (χ4n) is 7.37. The molecule has 0 bridgehead atoms. The van der Waals surface area contributed by atoms with Crippen LogP contribution in [0.25, 0.3) is 0 Å². The maximum atomic E-state index is 12.2. The molecule has 0 heterocycles. The molecule has 1 unspecified atom stereocenters. The summed E-state index contributed by atoms with van der Waals surface area (Å²) in [4.78, 5) is 24.3. The van der Waals surface area contributed by atoms with E-state index in [1.165, 1.54) is 180 Å². The molecule has 0 fully saturated rings. The van der Waals surface area contributed by atoms with Crippen LogP contribution in [-0.2, 0) is 19.1 Å². The fraction of sp³-hybridized carbons (Fsp3) is 0.821. The van der Waals surface area contributed by atoms with Crippen LogP contribution < -0.4 is 5.73 Å². The normalized spacial score (nSPS) is 10.8. The van der Waals surface area contributed by atoms with Crippen molar-refractivity contribution >= 4 is 24.3 Å². The Balaban J connectivity index is 0. The van der Waals surface area contributed by atoms with Gasteiger partial charge in [0.1, 0.15) is 6.04 Å². The summed E-state index contributed by atoms with van der Waals surface area (Å²) in [5.74, 6) is 24.0. The summed E-state index contributed by atoms with van der Waals surface area (Å²) in [6.07, 6.45) is 49.0. The molecule has 0 aromatic carbocycles. The lowest BCUT2D eigenvalue weighted by atomic mass is 10.1. The Morgan fingerprint density at radius 2 is 0.613 bits per heavy atom. The van der Waals surface area contributed by atoms with Gasteiger partial charge in [0.15, 0.2) is 0 Å². The Hall–Kier alpha value is -2.57. The quantitative estimate of drug-likeness (QED) is 0.0375. The SMILES string of the molecule is CCCCCCCCCCCCCC#CC#CCCCCCCCCCOC(=O)CC(N)C(=O)OCCCCCCCCCC#CC#CCCCCCCCCCCCCC.Cl. The summed E-state index contributed by atoms with van der Waals surface area (Å²) in [7, 11) is 0. The highest BCUT2D eigenvalue weighted by Crippen LogP contribution is 2.14. The van der Waals surface area contributed by atoms with Gasteiger partial charge in [-0.15, -0.1) is 12.4 Å². The first kappa shape index (κ1) is 61.5. The molecule has 0 rings (SSSR count). The predicted octanol–water partition coefficient (Wildman–Crippen LogP) is 15.9. The molecule has 6 heteroatoms. The Bertz CT molecular complexity index is 1240. The number of ether oxygens (including phenoxy) is 2. The van der Waals surface area contributed by atoms with Crippen LogP contribution in [-0.4, -0.2) is 31.2 Å². The molecule has 0 aliphatic carbocycles. The van der Waals surface area contributed by atoms with Crippen LogP contribution in [0.5, 0.6) is 0 Å². The molecule has 0 amide bonds. The number of hydrogen-bond donors (Lipinski definition) is 1. The van der Waals surface area contributed by atoms with Gasteiger partial charge < -0.3 is 15.2 Å². The number of nitrogens with two attached hydrogens (primary N) is 1. The van der Waals surface area contributed by atoms with E-state index in [1.807, 2.05) is 0 Å². The monoisotopic (exact) mass is 882 g/mol. The molecule has 0 aliphatic heterocycles. The molecule has 1 atom stereocenters. The third-order valence-corrected chi connectivity index (χ3v) is 11.4. The van der Waals surface area contributed by atoms with Crippen molar-refractivity contribution in [3.8, 4) is 47.4 Å². The van der Waals surface area contributed by atoms with E-state index in [-0.39, 0.29) is 18.8 Å². The van der Waals surface area contributed by atoms with Crippen LogP contribution >= 0.6 is 12.4 Å². The van der Waals surface area contributed by atoms with Crippen molar-refractivity contribution in [3.05, 3.63) is 0 Å². The van der Waals surface area contributed by atoms with Gasteiger partial charge in [-0.2, -0.15) is 0 Å². The minimum absolute atomic E-state index is 0. The van der Waals surface area contributed by atoms with Gasteiger partial charge in [-0.05, 0) is 62.2 Å². The molecular weight excluding hydrogens is 786 g/mol. The van der Waals surface area contributed by atoms with Crippen LogP contribution in [0, 0.1) is 47.4 Å². The Morgan fingerprint density at radius 1 is 0.371 bits per heavy atom. The van der Waals surface area contributed by atoms with E-state index in [4.69, 9.17) is 15.2 Å². The summed E-state index contributed by atoms with van der Waals surface area (Å²) in [6.45, 7) is 5.27. The molecule has 0 aliphatic rings. The zero-order chi connectivity index (χ0) is 44.2. The van der Waals surface area contributed by atoms with Gasteiger partial charge in [-0.25, -0.2) is 0 Å². The summed E-state index contributed by atoms with van der Waals surface area (Å²) in [6, 6.07) is -0.966. The van der Waals surface area contributed by atoms with Gasteiger partial charge in [0.05, 0.1) is 19.6 Å². The topological polar surface area (TPSA) is 78.6 Å². The average Bonchev–Trinajstić information content (AvgIpc) is 3.26. The van der Waals surface area contributed by atoms with Crippen LogP contribution in [0.1, 0.15) is 277 Å². The zero-order valence-electron chi connectivity index (χ0n) is 40.6. The van der Waals surface area contributed by atoms with Crippen molar-refractivity contribution in [1.82, 2.24) is 0 Å². The molecule has 0 saturated heterocycles. The molecule has 0 aromatic rings. The minimum atomic E-state index is -0.966. The molecule has 356 valence electrons. The molecule has 0 radical (unpaired) electrons. The smallest absolute Gasteiger partial charge is 0.323 e. The molecule has 5 nitrogen and oxygen atoms in total. The van der Waals surface area contributed by atoms with E-state index in [0.717, 1.165) is 77.0 Å². The van der Waals surface area contributed by atoms with E-state index in [2.05, 4.69) is 61.2 Å². The second-order valence-electron chi connectivity index (χ2n) is 17.4. The van der Waals surface area contributed by atoms with Gasteiger partial charge in [0.25, 0.3) is 0 Å². The van der Waals surface area contributed by atoms with Crippen molar-refractivity contribution < 1.29 is 19.1 Å². The minimum Gasteiger partial charge on any atom is -0.466 e. The lowest BCUT2D eigenvalue weighted by Crippen LogP contribution is -2.35. The van der Waals surface area contributed by atoms with Gasteiger partial charge in [-0.3, -0.25) is 9.59 Å².